The molecule has 2 aromatic rings. The van der Waals surface area contributed by atoms with Gasteiger partial charge in [0.1, 0.15) is 12.4 Å². The number of rotatable bonds is 3. The monoisotopic (exact) mass is 272 g/mol. The Morgan fingerprint density at radius 2 is 2.15 bits per heavy atom. The zero-order valence-electron chi connectivity index (χ0n) is 10.9. The summed E-state index contributed by atoms with van der Waals surface area (Å²) in [5, 5.41) is 0. The second kappa shape index (κ2) is 4.90. The fourth-order valence-electron chi connectivity index (χ4n) is 2.24. The number of anilines is 2. The van der Waals surface area contributed by atoms with E-state index < -0.39 is 0 Å². The summed E-state index contributed by atoms with van der Waals surface area (Å²) >= 11 is 0. The maximum absolute atomic E-state index is 5.97. The number of aromatic nitrogens is 1. The molecule has 0 saturated heterocycles. The molecule has 1 aromatic carbocycles. The van der Waals surface area contributed by atoms with Crippen LogP contribution in [0.3, 0.4) is 0 Å². The van der Waals surface area contributed by atoms with Crippen molar-refractivity contribution in [2.24, 2.45) is 5.73 Å². The van der Waals surface area contributed by atoms with E-state index in [-0.39, 0.29) is 0 Å². The van der Waals surface area contributed by atoms with Crippen molar-refractivity contribution in [2.45, 2.75) is 6.42 Å². The lowest BCUT2D eigenvalue weighted by atomic mass is 10.0. The maximum Gasteiger partial charge on any atom is 0.227 e. The summed E-state index contributed by atoms with van der Waals surface area (Å²) < 4.78 is 11.4. The van der Waals surface area contributed by atoms with E-state index in [0.717, 1.165) is 11.1 Å². The molecule has 0 bridgehead atoms. The molecule has 6 nitrogen and oxygen atoms in total. The molecule has 0 unspecified atom stereocenters. The van der Waals surface area contributed by atoms with Gasteiger partial charge < -0.3 is 26.7 Å². The molecule has 0 atom stereocenters. The molecule has 0 radical (unpaired) electrons. The quantitative estimate of drug-likeness (QED) is 0.662. The Balaban J connectivity index is 2.02. The van der Waals surface area contributed by atoms with Gasteiger partial charge in [0.25, 0.3) is 0 Å². The number of para-hydroxylation sites is 1. The first-order valence-corrected chi connectivity index (χ1v) is 6.36. The number of hydrogen-bond donors (Lipinski definition) is 3. The molecule has 0 aliphatic carbocycles. The van der Waals surface area contributed by atoms with Crippen LogP contribution in [0.2, 0.25) is 0 Å². The van der Waals surface area contributed by atoms with Crippen LogP contribution >= 0.6 is 0 Å². The van der Waals surface area contributed by atoms with Crippen molar-refractivity contribution in [2.75, 3.05) is 24.6 Å². The van der Waals surface area contributed by atoms with Crippen LogP contribution in [0.15, 0.2) is 24.3 Å². The molecule has 2 heterocycles. The van der Waals surface area contributed by atoms with Crippen molar-refractivity contribution < 1.29 is 9.47 Å². The number of ether oxygens (including phenoxy) is 2. The standard InChI is InChI=1S/C14H16N4O2/c15-4-5-19-11-3-1-2-8-6-9-10(16)7-12(17)18-14(9)20-13(8)11/h1-3,7H,4-6,15H2,(H4,16,17,18). The van der Waals surface area contributed by atoms with E-state index in [9.17, 15) is 0 Å². The zero-order chi connectivity index (χ0) is 14.1. The average molecular weight is 272 g/mol. The highest BCUT2D eigenvalue weighted by atomic mass is 16.5. The van der Waals surface area contributed by atoms with E-state index in [2.05, 4.69) is 4.98 Å². The van der Waals surface area contributed by atoms with Crippen molar-refractivity contribution in [1.29, 1.82) is 0 Å². The van der Waals surface area contributed by atoms with Crippen molar-refractivity contribution in [3.63, 3.8) is 0 Å². The van der Waals surface area contributed by atoms with Crippen LogP contribution in [0.1, 0.15) is 11.1 Å². The first kappa shape index (κ1) is 12.6. The van der Waals surface area contributed by atoms with Gasteiger partial charge in [-0.15, -0.1) is 0 Å². The van der Waals surface area contributed by atoms with Gasteiger partial charge in [0, 0.05) is 35.8 Å². The van der Waals surface area contributed by atoms with E-state index >= 15 is 0 Å². The summed E-state index contributed by atoms with van der Waals surface area (Å²) in [4.78, 5) is 4.19. The Hall–Kier alpha value is -2.47. The summed E-state index contributed by atoms with van der Waals surface area (Å²) in [5.74, 6) is 2.09. The van der Waals surface area contributed by atoms with Gasteiger partial charge in [-0.3, -0.25) is 0 Å². The normalized spacial score (nSPS) is 12.2. The first-order chi connectivity index (χ1) is 9.69. The van der Waals surface area contributed by atoms with Crippen molar-refractivity contribution in [1.82, 2.24) is 4.98 Å². The predicted molar refractivity (Wildman–Crippen MR) is 76.9 cm³/mol. The van der Waals surface area contributed by atoms with Gasteiger partial charge in [0.2, 0.25) is 5.88 Å². The van der Waals surface area contributed by atoms with Crippen LogP contribution in [0.25, 0.3) is 0 Å². The predicted octanol–water partition coefficient (Wildman–Crippen LogP) is 1.28. The van der Waals surface area contributed by atoms with Gasteiger partial charge in [-0.05, 0) is 6.07 Å². The van der Waals surface area contributed by atoms with E-state index in [1.807, 2.05) is 18.2 Å². The molecule has 1 aliphatic heterocycles. The van der Waals surface area contributed by atoms with Crippen LogP contribution in [0, 0.1) is 0 Å². The third kappa shape index (κ3) is 2.10. The summed E-state index contributed by atoms with van der Waals surface area (Å²) in [7, 11) is 0. The van der Waals surface area contributed by atoms with Crippen molar-refractivity contribution >= 4 is 11.5 Å². The van der Waals surface area contributed by atoms with Gasteiger partial charge in [-0.2, -0.15) is 4.98 Å². The average Bonchev–Trinajstić information content (AvgIpc) is 2.43. The molecule has 0 saturated carbocycles. The van der Waals surface area contributed by atoms with E-state index in [4.69, 9.17) is 26.7 Å². The first-order valence-electron chi connectivity index (χ1n) is 6.36. The molecular weight excluding hydrogens is 256 g/mol. The number of nitrogen functional groups attached to an aromatic ring is 2. The lowest BCUT2D eigenvalue weighted by Crippen LogP contribution is -2.13. The highest BCUT2D eigenvalue weighted by Gasteiger charge is 2.23. The highest BCUT2D eigenvalue weighted by molar-refractivity contribution is 5.64. The molecule has 0 spiro atoms. The molecule has 104 valence electrons. The van der Waals surface area contributed by atoms with E-state index in [1.54, 1.807) is 6.07 Å². The Morgan fingerprint density at radius 3 is 2.95 bits per heavy atom. The number of pyridine rings is 1. The van der Waals surface area contributed by atoms with Crippen molar-refractivity contribution in [3.8, 4) is 17.4 Å². The largest absolute Gasteiger partial charge is 0.488 e. The Kier molecular flexibility index (Phi) is 3.08. The van der Waals surface area contributed by atoms with Crippen LogP contribution in [0.4, 0.5) is 11.5 Å². The molecular formula is C14H16N4O2. The van der Waals surface area contributed by atoms with E-state index in [0.29, 0.717) is 48.5 Å². The van der Waals surface area contributed by atoms with Crippen LogP contribution in [0.5, 0.6) is 17.4 Å². The van der Waals surface area contributed by atoms with Gasteiger partial charge in [0.05, 0.1) is 0 Å². The number of nitrogens with zero attached hydrogens (tertiary/aromatic N) is 1. The minimum absolute atomic E-state index is 0.338. The lowest BCUT2D eigenvalue weighted by Gasteiger charge is -2.22. The SMILES string of the molecule is NCCOc1cccc2c1Oc1nc(N)cc(N)c1C2. The second-order valence-corrected chi connectivity index (χ2v) is 4.58. The summed E-state index contributed by atoms with van der Waals surface area (Å²) in [6.45, 7) is 0.873. The molecule has 6 heteroatoms. The van der Waals surface area contributed by atoms with Crippen molar-refractivity contribution in [3.05, 3.63) is 35.4 Å². The third-order valence-corrected chi connectivity index (χ3v) is 3.14. The summed E-state index contributed by atoms with van der Waals surface area (Å²) in [6, 6.07) is 7.38. The highest BCUT2D eigenvalue weighted by Crippen LogP contribution is 2.43. The fourth-order valence-corrected chi connectivity index (χ4v) is 2.24. The number of hydrogen-bond acceptors (Lipinski definition) is 6. The molecule has 3 rings (SSSR count). The smallest absolute Gasteiger partial charge is 0.227 e. The minimum atomic E-state index is 0.338. The van der Waals surface area contributed by atoms with E-state index in [1.165, 1.54) is 0 Å². The molecule has 1 aromatic heterocycles. The minimum Gasteiger partial charge on any atom is -0.488 e. The van der Waals surface area contributed by atoms with Crippen LogP contribution in [-0.4, -0.2) is 18.1 Å². The van der Waals surface area contributed by atoms with Gasteiger partial charge in [-0.25, -0.2) is 0 Å². The maximum atomic E-state index is 5.97. The topological polar surface area (TPSA) is 109 Å². The fraction of sp³-hybridized carbons (Fsp3) is 0.214. The Bertz CT molecular complexity index is 658. The van der Waals surface area contributed by atoms with Crippen LogP contribution < -0.4 is 26.7 Å². The molecule has 0 fully saturated rings. The van der Waals surface area contributed by atoms with Gasteiger partial charge in [0.15, 0.2) is 11.5 Å². The number of benzene rings is 1. The molecule has 20 heavy (non-hydrogen) atoms. The third-order valence-electron chi connectivity index (χ3n) is 3.14. The van der Waals surface area contributed by atoms with Gasteiger partial charge in [-0.1, -0.05) is 12.1 Å². The van der Waals surface area contributed by atoms with Crippen LogP contribution in [-0.2, 0) is 6.42 Å². The Morgan fingerprint density at radius 1 is 1.30 bits per heavy atom. The Labute approximate surface area is 116 Å². The molecule has 0 amide bonds. The summed E-state index contributed by atoms with van der Waals surface area (Å²) in [6.07, 6.45) is 0.642. The zero-order valence-corrected chi connectivity index (χ0v) is 10.9. The second-order valence-electron chi connectivity index (χ2n) is 4.58. The summed E-state index contributed by atoms with van der Waals surface area (Å²) in [5.41, 5.74) is 19.6. The molecule has 1 aliphatic rings. The van der Waals surface area contributed by atoms with Gasteiger partial charge >= 0.3 is 0 Å². The number of fused-ring (bicyclic) bond motifs is 2. The molecule has 6 N–H and O–H groups in total. The number of nitrogens with two attached hydrogens (primary N) is 3. The lowest BCUT2D eigenvalue weighted by molar-refractivity contribution is 0.306.